The minimum Gasteiger partial charge on any atom is -0.490 e. The normalized spacial score (nSPS) is 12.3. The van der Waals surface area contributed by atoms with E-state index in [0.717, 1.165) is 36.3 Å². The maximum atomic E-state index is 14.5. The van der Waals surface area contributed by atoms with Gasteiger partial charge in [-0.05, 0) is 44.1 Å². The third-order valence-corrected chi connectivity index (χ3v) is 9.87. The number of nitrogens with zero attached hydrogens (tertiary/aromatic N) is 1. The molecular weight excluding hydrogens is 383 g/mol. The molecule has 2 rings (SSSR count). The minimum absolute atomic E-state index is 0.0310. The zero-order valence-corrected chi connectivity index (χ0v) is 18.1. The Hall–Kier alpha value is -1.86. The van der Waals surface area contributed by atoms with Crippen molar-refractivity contribution in [3.63, 3.8) is 0 Å². The van der Waals surface area contributed by atoms with Crippen LogP contribution in [0.3, 0.4) is 0 Å². The fourth-order valence-corrected chi connectivity index (χ4v) is 6.43. The van der Waals surface area contributed by atoms with Crippen molar-refractivity contribution < 1.29 is 22.3 Å². The Morgan fingerprint density at radius 3 is 2.04 bits per heavy atom. The van der Waals surface area contributed by atoms with Crippen molar-refractivity contribution in [2.45, 2.75) is 58.4 Å². The second-order valence-corrected chi connectivity index (χ2v) is 12.2. The molecule has 0 atom stereocenters. The van der Waals surface area contributed by atoms with Crippen LogP contribution in [0.15, 0.2) is 30.5 Å². The van der Waals surface area contributed by atoms with E-state index in [0.29, 0.717) is 0 Å². The highest BCUT2D eigenvalue weighted by atomic mass is 28.4. The number of aromatic nitrogens is 1. The first kappa shape index (κ1) is 22.4. The Balaban J connectivity index is 2.19. The van der Waals surface area contributed by atoms with Crippen molar-refractivity contribution in [1.82, 2.24) is 4.98 Å². The van der Waals surface area contributed by atoms with Crippen LogP contribution < -0.4 is 4.74 Å². The molecule has 1 aromatic carbocycles. The number of ether oxygens (including phenoxy) is 1. The predicted octanol–water partition coefficient (Wildman–Crippen LogP) is 6.35. The number of hydrogen-bond donors (Lipinski definition) is 0. The number of hydrogen-bond acceptors (Lipinski definition) is 3. The Bertz CT molecular complexity index is 779. The average molecular weight is 412 g/mol. The highest BCUT2D eigenvalue weighted by Gasteiger charge is 2.36. The molecule has 0 N–H and O–H groups in total. The molecule has 0 radical (unpaired) electrons. The minimum atomic E-state index is -1.85. The lowest BCUT2D eigenvalue weighted by Gasteiger charge is -2.38. The van der Waals surface area contributed by atoms with Crippen LogP contribution in [0.1, 0.15) is 34.6 Å². The molecule has 0 aliphatic carbocycles. The van der Waals surface area contributed by atoms with E-state index in [1.807, 2.05) is 13.8 Å². The lowest BCUT2D eigenvalue weighted by atomic mass is 10.1. The Morgan fingerprint density at radius 1 is 0.964 bits per heavy atom. The molecule has 28 heavy (non-hydrogen) atoms. The van der Waals surface area contributed by atoms with E-state index in [9.17, 15) is 13.2 Å². The fourth-order valence-electron chi connectivity index (χ4n) is 3.27. The van der Waals surface area contributed by atoms with Crippen LogP contribution in [0.4, 0.5) is 13.2 Å². The van der Waals surface area contributed by atoms with E-state index in [2.05, 4.69) is 25.8 Å². The Kier molecular flexibility index (Phi) is 7.28. The summed E-state index contributed by atoms with van der Waals surface area (Å²) < 4.78 is 54.9. The lowest BCUT2D eigenvalue weighted by molar-refractivity contribution is 0.0412. The van der Waals surface area contributed by atoms with E-state index in [-0.39, 0.29) is 18.1 Å². The first-order valence-corrected chi connectivity index (χ1v) is 12.1. The molecular formula is C21H28F3NO2Si. The standard InChI is InChI=1S/C21H28F3NO2Si/c1-6-28(7-2,8-3)27-21(4,5)14-26-15-12-17(23)19(18(24)13-15)20-16(22)10-9-11-25-20/h9-13H,6-8,14H2,1-5H3. The van der Waals surface area contributed by atoms with Gasteiger partial charge in [-0.1, -0.05) is 20.8 Å². The van der Waals surface area contributed by atoms with Gasteiger partial charge in [0.2, 0.25) is 0 Å². The molecule has 1 heterocycles. The van der Waals surface area contributed by atoms with Gasteiger partial charge >= 0.3 is 0 Å². The molecule has 0 saturated carbocycles. The van der Waals surface area contributed by atoms with Crippen LogP contribution >= 0.6 is 0 Å². The van der Waals surface area contributed by atoms with Crippen LogP contribution in [0, 0.1) is 17.5 Å². The summed E-state index contributed by atoms with van der Waals surface area (Å²) in [5, 5.41) is 0. The molecule has 0 aliphatic heterocycles. The van der Waals surface area contributed by atoms with Crippen molar-refractivity contribution in [2.24, 2.45) is 0 Å². The Morgan fingerprint density at radius 2 is 1.54 bits per heavy atom. The molecule has 3 nitrogen and oxygen atoms in total. The summed E-state index contributed by atoms with van der Waals surface area (Å²) in [6.07, 6.45) is 1.28. The number of pyridine rings is 1. The SMILES string of the molecule is CC[Si](CC)(CC)OC(C)(C)COc1cc(F)c(-c2ncccc2F)c(F)c1. The molecule has 154 valence electrons. The van der Waals surface area contributed by atoms with Gasteiger partial charge in [-0.2, -0.15) is 0 Å². The van der Waals surface area contributed by atoms with Gasteiger partial charge in [0, 0.05) is 18.3 Å². The summed E-state index contributed by atoms with van der Waals surface area (Å²) >= 11 is 0. The third kappa shape index (κ3) is 5.14. The molecule has 0 unspecified atom stereocenters. The molecule has 0 aliphatic rings. The predicted molar refractivity (Wildman–Crippen MR) is 107 cm³/mol. The van der Waals surface area contributed by atoms with E-state index in [4.69, 9.17) is 9.16 Å². The van der Waals surface area contributed by atoms with E-state index < -0.39 is 36.9 Å². The van der Waals surface area contributed by atoms with Crippen molar-refractivity contribution in [3.8, 4) is 17.0 Å². The van der Waals surface area contributed by atoms with Gasteiger partial charge in [-0.3, -0.25) is 4.98 Å². The fraction of sp³-hybridized carbons (Fsp3) is 0.476. The molecule has 1 aromatic heterocycles. The molecule has 7 heteroatoms. The van der Waals surface area contributed by atoms with Crippen LogP contribution in [0.25, 0.3) is 11.3 Å². The van der Waals surface area contributed by atoms with Gasteiger partial charge in [0.15, 0.2) is 8.32 Å². The van der Waals surface area contributed by atoms with Crippen molar-refractivity contribution in [2.75, 3.05) is 6.61 Å². The summed E-state index contributed by atoms with van der Waals surface area (Å²) in [5.74, 6) is -2.61. The summed E-state index contributed by atoms with van der Waals surface area (Å²) in [6, 6.07) is 7.56. The molecule has 0 fully saturated rings. The zero-order chi connectivity index (χ0) is 20.9. The number of rotatable bonds is 9. The maximum absolute atomic E-state index is 14.5. The van der Waals surface area contributed by atoms with Crippen LogP contribution in [-0.2, 0) is 4.43 Å². The summed E-state index contributed by atoms with van der Waals surface area (Å²) in [7, 11) is -1.85. The number of benzene rings is 1. The van der Waals surface area contributed by atoms with Gasteiger partial charge < -0.3 is 9.16 Å². The van der Waals surface area contributed by atoms with E-state index in [1.165, 1.54) is 12.3 Å². The second-order valence-electron chi connectivity index (χ2n) is 7.49. The molecule has 0 amide bonds. The maximum Gasteiger partial charge on any atom is 0.192 e. The first-order valence-electron chi connectivity index (χ1n) is 9.60. The summed E-state index contributed by atoms with van der Waals surface area (Å²) in [6.45, 7) is 10.4. The highest BCUT2D eigenvalue weighted by molar-refractivity contribution is 6.73. The van der Waals surface area contributed by atoms with Crippen molar-refractivity contribution in [1.29, 1.82) is 0 Å². The van der Waals surface area contributed by atoms with E-state index >= 15 is 0 Å². The number of halogens is 3. The largest absolute Gasteiger partial charge is 0.490 e. The summed E-state index contributed by atoms with van der Waals surface area (Å²) in [4.78, 5) is 3.74. The van der Waals surface area contributed by atoms with Gasteiger partial charge in [0.05, 0.1) is 11.2 Å². The smallest absolute Gasteiger partial charge is 0.192 e. The van der Waals surface area contributed by atoms with Crippen molar-refractivity contribution in [3.05, 3.63) is 47.9 Å². The highest BCUT2D eigenvalue weighted by Crippen LogP contribution is 2.32. The van der Waals surface area contributed by atoms with Crippen LogP contribution in [0.2, 0.25) is 18.1 Å². The monoisotopic (exact) mass is 411 g/mol. The third-order valence-electron chi connectivity index (χ3n) is 5.02. The lowest BCUT2D eigenvalue weighted by Crippen LogP contribution is -2.47. The molecule has 0 spiro atoms. The van der Waals surface area contributed by atoms with Crippen molar-refractivity contribution >= 4 is 8.32 Å². The van der Waals surface area contributed by atoms with E-state index in [1.54, 1.807) is 0 Å². The van der Waals surface area contributed by atoms with Crippen LogP contribution in [-0.4, -0.2) is 25.5 Å². The van der Waals surface area contributed by atoms with Gasteiger partial charge in [0.25, 0.3) is 0 Å². The van der Waals surface area contributed by atoms with Gasteiger partial charge in [0.1, 0.15) is 35.5 Å². The molecule has 2 aromatic rings. The average Bonchev–Trinajstić information content (AvgIpc) is 2.66. The zero-order valence-electron chi connectivity index (χ0n) is 17.1. The Labute approximate surface area is 166 Å². The first-order chi connectivity index (χ1) is 13.2. The quantitative estimate of drug-likeness (QED) is 0.451. The second kappa shape index (κ2) is 9.09. The van der Waals surface area contributed by atoms with Gasteiger partial charge in [-0.15, -0.1) is 0 Å². The summed E-state index contributed by atoms with van der Waals surface area (Å²) in [5.41, 5.74) is -1.46. The van der Waals surface area contributed by atoms with Gasteiger partial charge in [-0.25, -0.2) is 13.2 Å². The molecule has 0 bridgehead atoms. The topological polar surface area (TPSA) is 31.4 Å². The molecule has 0 saturated heterocycles. The van der Waals surface area contributed by atoms with Crippen LogP contribution in [0.5, 0.6) is 5.75 Å².